The molecule has 0 aliphatic carbocycles. The number of rotatable bonds is 7. The van der Waals surface area contributed by atoms with Crippen molar-refractivity contribution in [3.8, 4) is 0 Å². The van der Waals surface area contributed by atoms with Crippen molar-refractivity contribution in [3.05, 3.63) is 35.9 Å². The van der Waals surface area contributed by atoms with Crippen molar-refractivity contribution in [2.75, 3.05) is 33.2 Å². The number of nitrogens with two attached hydrogens (primary N) is 1. The first kappa shape index (κ1) is 24.5. The van der Waals surface area contributed by atoms with Crippen molar-refractivity contribution in [2.45, 2.75) is 51.3 Å². The molecule has 172 valence electrons. The van der Waals surface area contributed by atoms with Gasteiger partial charge in [0.15, 0.2) is 5.96 Å². The van der Waals surface area contributed by atoms with E-state index in [1.54, 1.807) is 7.05 Å². The summed E-state index contributed by atoms with van der Waals surface area (Å²) < 4.78 is 5.42. The van der Waals surface area contributed by atoms with E-state index in [9.17, 15) is 9.59 Å². The van der Waals surface area contributed by atoms with Crippen LogP contribution in [0.25, 0.3) is 0 Å². The Morgan fingerprint density at radius 3 is 2.42 bits per heavy atom. The second kappa shape index (κ2) is 11.5. The Morgan fingerprint density at radius 1 is 1.23 bits per heavy atom. The third kappa shape index (κ3) is 9.25. The number of carbonyl (C=O) groups is 2. The number of nitrogens with one attached hydrogen (secondary N) is 3. The lowest BCUT2D eigenvalue weighted by atomic mass is 10.1. The highest BCUT2D eigenvalue weighted by Crippen LogP contribution is 2.14. The van der Waals surface area contributed by atoms with Crippen LogP contribution in [0.3, 0.4) is 0 Å². The summed E-state index contributed by atoms with van der Waals surface area (Å²) in [4.78, 5) is 29.8. The Hall–Kier alpha value is -2.81. The molecule has 1 unspecified atom stereocenters. The predicted octanol–water partition coefficient (Wildman–Crippen LogP) is 1.37. The molecule has 2 rings (SSSR count). The Labute approximate surface area is 184 Å². The van der Waals surface area contributed by atoms with Crippen LogP contribution in [0.2, 0.25) is 0 Å². The highest BCUT2D eigenvalue weighted by Gasteiger charge is 2.23. The van der Waals surface area contributed by atoms with Crippen LogP contribution < -0.4 is 21.7 Å². The molecule has 0 aromatic heterocycles. The average Bonchev–Trinajstić information content (AvgIpc) is 2.70. The highest BCUT2D eigenvalue weighted by molar-refractivity contribution is 5.80. The van der Waals surface area contributed by atoms with Gasteiger partial charge in [-0.1, -0.05) is 30.3 Å². The second-order valence-electron chi connectivity index (χ2n) is 8.72. The maximum Gasteiger partial charge on any atom is 0.408 e. The molecule has 0 radical (unpaired) electrons. The third-order valence-corrected chi connectivity index (χ3v) is 4.90. The van der Waals surface area contributed by atoms with Gasteiger partial charge >= 0.3 is 6.09 Å². The fourth-order valence-corrected chi connectivity index (χ4v) is 3.43. The third-order valence-electron chi connectivity index (χ3n) is 4.90. The van der Waals surface area contributed by atoms with Crippen molar-refractivity contribution in [1.29, 1.82) is 0 Å². The van der Waals surface area contributed by atoms with Crippen LogP contribution in [0.4, 0.5) is 4.79 Å². The number of hydrogen-bond acceptors (Lipinski definition) is 5. The molecule has 1 aromatic rings. The Balaban J connectivity index is 1.91. The van der Waals surface area contributed by atoms with E-state index in [0.29, 0.717) is 19.0 Å². The first-order valence-electron chi connectivity index (χ1n) is 10.7. The van der Waals surface area contributed by atoms with Crippen molar-refractivity contribution in [2.24, 2.45) is 10.7 Å². The van der Waals surface area contributed by atoms with Gasteiger partial charge in [-0.3, -0.25) is 14.7 Å². The van der Waals surface area contributed by atoms with E-state index in [1.807, 2.05) is 51.1 Å². The van der Waals surface area contributed by atoms with Crippen LogP contribution in [0.5, 0.6) is 0 Å². The average molecular weight is 433 g/mol. The van der Waals surface area contributed by atoms with E-state index in [2.05, 4.69) is 25.8 Å². The number of amides is 2. The molecule has 5 N–H and O–H groups in total. The summed E-state index contributed by atoms with van der Waals surface area (Å²) in [5.41, 5.74) is 5.68. The van der Waals surface area contributed by atoms with Crippen LogP contribution in [0.1, 0.15) is 45.2 Å². The van der Waals surface area contributed by atoms with Gasteiger partial charge in [0.25, 0.3) is 0 Å². The smallest absolute Gasteiger partial charge is 0.408 e. The van der Waals surface area contributed by atoms with E-state index < -0.39 is 11.7 Å². The molecular formula is C22H36N6O3. The molecule has 1 aliphatic rings. The summed E-state index contributed by atoms with van der Waals surface area (Å²) in [5.74, 6) is 0.369. The predicted molar refractivity (Wildman–Crippen MR) is 122 cm³/mol. The zero-order valence-corrected chi connectivity index (χ0v) is 19.0. The van der Waals surface area contributed by atoms with Gasteiger partial charge in [-0.15, -0.1) is 0 Å². The zero-order chi connectivity index (χ0) is 22.9. The lowest BCUT2D eigenvalue weighted by Crippen LogP contribution is -2.51. The van der Waals surface area contributed by atoms with Gasteiger partial charge in [-0.2, -0.15) is 0 Å². The van der Waals surface area contributed by atoms with E-state index >= 15 is 0 Å². The number of carbonyl (C=O) groups excluding carboxylic acids is 2. The van der Waals surface area contributed by atoms with Crippen molar-refractivity contribution >= 4 is 18.0 Å². The molecule has 0 bridgehead atoms. The molecule has 31 heavy (non-hydrogen) atoms. The van der Waals surface area contributed by atoms with Crippen LogP contribution in [0, 0.1) is 0 Å². The summed E-state index contributed by atoms with van der Waals surface area (Å²) >= 11 is 0. The lowest BCUT2D eigenvalue weighted by molar-refractivity contribution is -0.119. The number of hydrogen-bond donors (Lipinski definition) is 4. The molecular weight excluding hydrogens is 396 g/mol. The van der Waals surface area contributed by atoms with Crippen molar-refractivity contribution < 1.29 is 14.3 Å². The van der Waals surface area contributed by atoms with E-state index in [0.717, 1.165) is 31.5 Å². The normalized spacial score (nSPS) is 17.0. The minimum Gasteiger partial charge on any atom is -0.444 e. The molecule has 1 saturated heterocycles. The number of benzene rings is 1. The minimum absolute atomic E-state index is 0.254. The standard InChI is InChI=1S/C22H36N6O3/c1-22(2,3)31-21(30)27-18(16-8-6-5-7-9-16)14-25-20(24-4)26-17-10-12-28(13-11-17)15-19(23)29/h5-9,17-18H,10-15H2,1-4H3,(H2,23,29)(H,27,30)(H2,24,25,26). The first-order chi connectivity index (χ1) is 14.7. The molecule has 9 heteroatoms. The lowest BCUT2D eigenvalue weighted by Gasteiger charge is -2.32. The summed E-state index contributed by atoms with van der Waals surface area (Å²) in [7, 11) is 1.72. The SMILES string of the molecule is CN=C(NCC(NC(=O)OC(C)(C)C)c1ccccc1)NC1CCN(CC(N)=O)CC1. The number of guanidine groups is 1. The summed E-state index contributed by atoms with van der Waals surface area (Å²) in [6.07, 6.45) is 1.33. The molecule has 1 atom stereocenters. The molecule has 1 fully saturated rings. The fraction of sp³-hybridized carbons (Fsp3) is 0.591. The van der Waals surface area contributed by atoms with Crippen molar-refractivity contribution in [1.82, 2.24) is 20.9 Å². The summed E-state index contributed by atoms with van der Waals surface area (Å²) in [6, 6.07) is 9.71. The number of primary amides is 1. The van der Waals surface area contributed by atoms with Gasteiger partial charge < -0.3 is 26.4 Å². The van der Waals surface area contributed by atoms with Crippen LogP contribution in [0.15, 0.2) is 35.3 Å². The number of nitrogens with zero attached hydrogens (tertiary/aromatic N) is 2. The number of alkyl carbamates (subject to hydrolysis) is 1. The highest BCUT2D eigenvalue weighted by atomic mass is 16.6. The summed E-state index contributed by atoms with van der Waals surface area (Å²) in [6.45, 7) is 7.88. The van der Waals surface area contributed by atoms with Gasteiger partial charge in [0, 0.05) is 32.7 Å². The Kier molecular flexibility index (Phi) is 9.11. The van der Waals surface area contributed by atoms with Crippen LogP contribution >= 0.6 is 0 Å². The second-order valence-corrected chi connectivity index (χ2v) is 8.72. The van der Waals surface area contributed by atoms with Crippen LogP contribution in [-0.4, -0.2) is 67.7 Å². The summed E-state index contributed by atoms with van der Waals surface area (Å²) in [5, 5.41) is 9.68. The molecule has 2 amide bonds. The zero-order valence-electron chi connectivity index (χ0n) is 19.0. The number of likely N-dealkylation sites (tertiary alicyclic amines) is 1. The first-order valence-corrected chi connectivity index (χ1v) is 10.7. The minimum atomic E-state index is -0.570. The maximum absolute atomic E-state index is 12.3. The molecule has 1 aromatic carbocycles. The molecule has 1 aliphatic heterocycles. The topological polar surface area (TPSA) is 121 Å². The Morgan fingerprint density at radius 2 is 1.87 bits per heavy atom. The number of aliphatic imine (C=N–C) groups is 1. The molecule has 0 spiro atoms. The quantitative estimate of drug-likeness (QED) is 0.381. The molecule has 0 saturated carbocycles. The van der Waals surface area contributed by atoms with E-state index in [-0.39, 0.29) is 18.0 Å². The largest absolute Gasteiger partial charge is 0.444 e. The van der Waals surface area contributed by atoms with Gasteiger partial charge in [0.05, 0.1) is 12.6 Å². The van der Waals surface area contributed by atoms with E-state index in [1.165, 1.54) is 0 Å². The monoisotopic (exact) mass is 432 g/mol. The number of piperidine rings is 1. The van der Waals surface area contributed by atoms with Gasteiger partial charge in [0.2, 0.25) is 5.91 Å². The van der Waals surface area contributed by atoms with E-state index in [4.69, 9.17) is 10.5 Å². The Bertz CT molecular complexity index is 739. The number of ether oxygens (including phenoxy) is 1. The van der Waals surface area contributed by atoms with Gasteiger partial charge in [-0.05, 0) is 39.2 Å². The fourth-order valence-electron chi connectivity index (χ4n) is 3.43. The molecule has 1 heterocycles. The van der Waals surface area contributed by atoms with Gasteiger partial charge in [-0.25, -0.2) is 4.79 Å². The van der Waals surface area contributed by atoms with Crippen molar-refractivity contribution in [3.63, 3.8) is 0 Å². The van der Waals surface area contributed by atoms with Crippen LogP contribution in [-0.2, 0) is 9.53 Å². The van der Waals surface area contributed by atoms with Gasteiger partial charge in [0.1, 0.15) is 5.60 Å². The molecule has 9 nitrogen and oxygen atoms in total. The maximum atomic E-state index is 12.3.